The molecule has 12 heteroatoms. The van der Waals surface area contributed by atoms with E-state index in [1.165, 1.54) is 23.1 Å². The summed E-state index contributed by atoms with van der Waals surface area (Å²) in [5.41, 5.74) is 0.689. The minimum Gasteiger partial charge on any atom is -0.354 e. The number of anilines is 1. The van der Waals surface area contributed by atoms with E-state index in [2.05, 4.69) is 5.32 Å². The first-order chi connectivity index (χ1) is 16.4. The molecule has 35 heavy (non-hydrogen) atoms. The normalized spacial score (nSPS) is 12.2. The van der Waals surface area contributed by atoms with Gasteiger partial charge in [0.05, 0.1) is 32.0 Å². The molecule has 0 saturated carbocycles. The molecule has 0 fully saturated rings. The summed E-state index contributed by atoms with van der Waals surface area (Å²) in [6, 6.07) is 8.53. The molecule has 2 amide bonds. The Bertz CT molecular complexity index is 1180. The van der Waals surface area contributed by atoms with E-state index < -0.39 is 28.5 Å². The maximum Gasteiger partial charge on any atom is 0.244 e. The number of hydrogen-bond acceptors (Lipinski definition) is 4. The van der Waals surface area contributed by atoms with Gasteiger partial charge in [0.15, 0.2) is 0 Å². The van der Waals surface area contributed by atoms with Crippen molar-refractivity contribution in [3.05, 3.63) is 62.1 Å². The van der Waals surface area contributed by atoms with Crippen LogP contribution in [-0.2, 0) is 26.2 Å². The third-order valence-corrected chi connectivity index (χ3v) is 7.83. The van der Waals surface area contributed by atoms with Gasteiger partial charge in [-0.3, -0.25) is 13.9 Å². The summed E-state index contributed by atoms with van der Waals surface area (Å²) in [6.07, 6.45) is 1.99. The predicted octanol–water partition coefficient (Wildman–Crippen LogP) is 5.40. The lowest BCUT2D eigenvalue weighted by atomic mass is 10.1. The highest BCUT2D eigenvalue weighted by Crippen LogP contribution is 2.34. The van der Waals surface area contributed by atoms with Gasteiger partial charge in [-0.1, -0.05) is 72.4 Å². The highest BCUT2D eigenvalue weighted by Gasteiger charge is 2.32. The Morgan fingerprint density at radius 2 is 1.69 bits per heavy atom. The summed E-state index contributed by atoms with van der Waals surface area (Å²) in [5.74, 6) is -0.939. The fourth-order valence-corrected chi connectivity index (χ4v) is 5.02. The average molecular weight is 583 g/mol. The van der Waals surface area contributed by atoms with E-state index in [9.17, 15) is 18.0 Å². The molecule has 0 aliphatic heterocycles. The summed E-state index contributed by atoms with van der Waals surface area (Å²) in [7, 11) is -3.93. The van der Waals surface area contributed by atoms with Gasteiger partial charge < -0.3 is 10.2 Å². The third-order valence-electron chi connectivity index (χ3n) is 5.15. The number of benzene rings is 2. The molecule has 0 heterocycles. The van der Waals surface area contributed by atoms with E-state index in [0.717, 1.165) is 17.0 Å². The van der Waals surface area contributed by atoms with Crippen molar-refractivity contribution in [3.8, 4) is 0 Å². The molecule has 2 aromatic rings. The summed E-state index contributed by atoms with van der Waals surface area (Å²) in [5, 5.41) is 3.59. The van der Waals surface area contributed by atoms with E-state index in [1.807, 2.05) is 6.92 Å². The van der Waals surface area contributed by atoms with Crippen LogP contribution < -0.4 is 9.62 Å². The Morgan fingerprint density at radius 1 is 1.00 bits per heavy atom. The average Bonchev–Trinajstić information content (AvgIpc) is 2.79. The van der Waals surface area contributed by atoms with Crippen molar-refractivity contribution in [1.29, 1.82) is 0 Å². The van der Waals surface area contributed by atoms with Crippen LogP contribution in [0, 0.1) is 0 Å². The van der Waals surface area contributed by atoms with Gasteiger partial charge in [0, 0.05) is 13.1 Å². The van der Waals surface area contributed by atoms with Crippen LogP contribution in [0.4, 0.5) is 5.69 Å². The molecule has 0 aliphatic rings. The van der Waals surface area contributed by atoms with Crippen molar-refractivity contribution < 1.29 is 18.0 Å². The number of halogens is 4. The Morgan fingerprint density at radius 3 is 2.26 bits per heavy atom. The highest BCUT2D eigenvalue weighted by atomic mass is 35.5. The molecule has 0 aliphatic carbocycles. The summed E-state index contributed by atoms with van der Waals surface area (Å²) in [4.78, 5) is 27.9. The lowest BCUT2D eigenvalue weighted by Gasteiger charge is -2.33. The first-order valence-electron chi connectivity index (χ1n) is 10.8. The summed E-state index contributed by atoms with van der Waals surface area (Å²) in [6.45, 7) is 3.55. The van der Waals surface area contributed by atoms with Crippen molar-refractivity contribution in [3.63, 3.8) is 0 Å². The maximum atomic E-state index is 13.6. The van der Waals surface area contributed by atoms with Crippen molar-refractivity contribution >= 4 is 73.9 Å². The van der Waals surface area contributed by atoms with Gasteiger partial charge in [0.25, 0.3) is 0 Å². The first kappa shape index (κ1) is 29.5. The number of nitrogens with zero attached hydrogens (tertiary/aromatic N) is 2. The molecule has 7 nitrogen and oxygen atoms in total. The largest absolute Gasteiger partial charge is 0.354 e. The summed E-state index contributed by atoms with van der Waals surface area (Å²) < 4.78 is 26.2. The quantitative estimate of drug-likeness (QED) is 0.384. The smallest absolute Gasteiger partial charge is 0.244 e. The second-order valence-corrected chi connectivity index (χ2v) is 11.3. The van der Waals surface area contributed by atoms with Crippen LogP contribution in [0.1, 0.15) is 32.3 Å². The molecule has 192 valence electrons. The molecule has 0 bridgehead atoms. The lowest BCUT2D eigenvalue weighted by Crippen LogP contribution is -2.52. The van der Waals surface area contributed by atoms with Crippen LogP contribution in [-0.4, -0.2) is 50.5 Å². The number of carbonyl (C=O) groups excluding carboxylic acids is 2. The minimum atomic E-state index is -3.93. The van der Waals surface area contributed by atoms with Gasteiger partial charge in [0.1, 0.15) is 12.6 Å². The lowest BCUT2D eigenvalue weighted by molar-refractivity contribution is -0.140. The molecule has 1 atom stereocenters. The van der Waals surface area contributed by atoms with Crippen LogP contribution in [0.5, 0.6) is 0 Å². The second kappa shape index (κ2) is 13.0. The number of sulfonamides is 1. The van der Waals surface area contributed by atoms with E-state index in [0.29, 0.717) is 28.6 Å². The van der Waals surface area contributed by atoms with Gasteiger partial charge >= 0.3 is 0 Å². The van der Waals surface area contributed by atoms with Gasteiger partial charge in [-0.2, -0.15) is 0 Å². The van der Waals surface area contributed by atoms with Crippen LogP contribution >= 0.6 is 46.4 Å². The van der Waals surface area contributed by atoms with Crippen molar-refractivity contribution in [2.45, 2.75) is 39.3 Å². The van der Waals surface area contributed by atoms with Gasteiger partial charge in [0.2, 0.25) is 21.8 Å². The number of hydrogen-bond donors (Lipinski definition) is 1. The highest BCUT2D eigenvalue weighted by molar-refractivity contribution is 7.92. The zero-order valence-electron chi connectivity index (χ0n) is 19.5. The molecular weight excluding hydrogens is 556 g/mol. The number of nitrogens with one attached hydrogen (secondary N) is 1. The molecule has 2 aromatic carbocycles. The molecule has 1 unspecified atom stereocenters. The molecule has 0 radical (unpaired) electrons. The van der Waals surface area contributed by atoms with Crippen LogP contribution in [0.15, 0.2) is 36.4 Å². The van der Waals surface area contributed by atoms with Crippen LogP contribution in [0.2, 0.25) is 20.1 Å². The van der Waals surface area contributed by atoms with Gasteiger partial charge in [-0.05, 0) is 42.7 Å². The van der Waals surface area contributed by atoms with Crippen LogP contribution in [0.25, 0.3) is 0 Å². The Kier molecular flexibility index (Phi) is 11.0. The summed E-state index contributed by atoms with van der Waals surface area (Å²) >= 11 is 24.5. The third kappa shape index (κ3) is 7.89. The zero-order valence-corrected chi connectivity index (χ0v) is 23.4. The topological polar surface area (TPSA) is 86.8 Å². The van der Waals surface area contributed by atoms with E-state index in [-0.39, 0.29) is 28.2 Å². The predicted molar refractivity (Wildman–Crippen MR) is 143 cm³/mol. The number of rotatable bonds is 11. The van der Waals surface area contributed by atoms with Crippen LogP contribution in [0.3, 0.4) is 0 Å². The van der Waals surface area contributed by atoms with Gasteiger partial charge in [-0.15, -0.1) is 0 Å². The molecule has 0 saturated heterocycles. The number of carbonyl (C=O) groups is 2. The van der Waals surface area contributed by atoms with E-state index >= 15 is 0 Å². The van der Waals surface area contributed by atoms with Gasteiger partial charge in [-0.25, -0.2) is 8.42 Å². The van der Waals surface area contributed by atoms with E-state index in [1.54, 1.807) is 25.1 Å². The Labute approximate surface area is 226 Å². The zero-order chi connectivity index (χ0) is 26.3. The fourth-order valence-electron chi connectivity index (χ4n) is 3.40. The molecule has 0 aromatic heterocycles. The first-order valence-corrected chi connectivity index (χ1v) is 14.2. The molecular formula is C23H27Cl4N3O4S. The SMILES string of the molecule is CCCNC(=O)C(CC)N(Cc1ccc(Cl)c(Cl)c1)C(=O)CN(c1cccc(Cl)c1Cl)S(C)(=O)=O. The monoisotopic (exact) mass is 581 g/mol. The Balaban J connectivity index is 2.49. The fraction of sp³-hybridized carbons (Fsp3) is 0.391. The molecule has 1 N–H and O–H groups in total. The van der Waals surface area contributed by atoms with Crippen molar-refractivity contribution in [2.24, 2.45) is 0 Å². The van der Waals surface area contributed by atoms with Crippen molar-refractivity contribution in [1.82, 2.24) is 10.2 Å². The molecule has 0 spiro atoms. The van der Waals surface area contributed by atoms with Crippen molar-refractivity contribution in [2.75, 3.05) is 23.7 Å². The van der Waals surface area contributed by atoms with E-state index in [4.69, 9.17) is 46.4 Å². The Hall–Kier alpha value is -1.71. The second-order valence-electron chi connectivity index (χ2n) is 7.83. The standard InChI is InChI=1S/C23H27Cl4N3O4S/c1-4-11-28-23(32)19(5-2)29(13-15-9-10-16(24)18(26)12-15)21(31)14-30(35(3,33)34)20-8-6-7-17(25)22(20)27/h6-10,12,19H,4-5,11,13-14H2,1-3H3,(H,28,32). The number of amides is 2. The molecule has 2 rings (SSSR count). The minimum absolute atomic E-state index is 0.00356. The maximum absolute atomic E-state index is 13.6.